The summed E-state index contributed by atoms with van der Waals surface area (Å²) < 4.78 is 38.0. The zero-order chi connectivity index (χ0) is 18.4. The molecule has 0 aromatic heterocycles. The lowest BCUT2D eigenvalue weighted by Crippen LogP contribution is -2.32. The number of alkyl halides is 3. The van der Waals surface area contributed by atoms with Crippen LogP contribution >= 0.6 is 0 Å². The third-order valence-corrected chi connectivity index (χ3v) is 3.31. The fourth-order valence-electron chi connectivity index (χ4n) is 1.93. The molecule has 2 aromatic rings. The topological polar surface area (TPSA) is 50.4 Å². The number of carbonyl (C=O) groups excluding carboxylic acids is 1. The normalized spacial score (nSPS) is 12.3. The van der Waals surface area contributed by atoms with Gasteiger partial charge in [0.05, 0.1) is 11.3 Å². The summed E-state index contributed by atoms with van der Waals surface area (Å²) in [7, 11) is 0. The number of carbonyl (C=O) groups is 1. The maximum atomic E-state index is 12.7. The predicted molar refractivity (Wildman–Crippen MR) is 89.2 cm³/mol. The fraction of sp³-hybridized carbons (Fsp3) is 0.167. The second-order valence-electron chi connectivity index (χ2n) is 5.27. The molecule has 0 bridgehead atoms. The number of benzene rings is 2. The van der Waals surface area contributed by atoms with Crippen molar-refractivity contribution in [3.8, 4) is 0 Å². The van der Waals surface area contributed by atoms with Gasteiger partial charge in [-0.15, -0.1) is 0 Å². The summed E-state index contributed by atoms with van der Waals surface area (Å²) in [6.45, 7) is 5.25. The number of halogens is 3. The van der Waals surface area contributed by atoms with E-state index in [4.69, 9.17) is 4.84 Å². The van der Waals surface area contributed by atoms with E-state index in [0.29, 0.717) is 5.70 Å². The van der Waals surface area contributed by atoms with Gasteiger partial charge in [-0.1, -0.05) is 43.0 Å². The van der Waals surface area contributed by atoms with Crippen LogP contribution in [0.25, 0.3) is 5.70 Å². The summed E-state index contributed by atoms with van der Waals surface area (Å²) >= 11 is 0. The lowest BCUT2D eigenvalue weighted by molar-refractivity contribution is -0.137. The predicted octanol–water partition coefficient (Wildman–Crippen LogP) is 4.22. The Labute approximate surface area is 143 Å². The summed E-state index contributed by atoms with van der Waals surface area (Å²) in [5.41, 5.74) is 3.01. The molecule has 0 aliphatic rings. The van der Waals surface area contributed by atoms with Crippen LogP contribution in [0.4, 0.5) is 18.9 Å². The van der Waals surface area contributed by atoms with Crippen LogP contribution in [0.1, 0.15) is 18.1 Å². The van der Waals surface area contributed by atoms with Gasteiger partial charge in [0.15, 0.2) is 6.10 Å². The first-order valence-corrected chi connectivity index (χ1v) is 7.41. The molecule has 2 rings (SSSR count). The van der Waals surface area contributed by atoms with Crippen molar-refractivity contribution in [2.24, 2.45) is 0 Å². The summed E-state index contributed by atoms with van der Waals surface area (Å²) in [6, 6.07) is 13.5. The first kappa shape index (κ1) is 18.5. The highest BCUT2D eigenvalue weighted by molar-refractivity contribution is 5.94. The molecule has 2 N–H and O–H groups in total. The van der Waals surface area contributed by atoms with E-state index in [1.807, 2.05) is 30.3 Å². The Morgan fingerprint density at radius 3 is 2.44 bits per heavy atom. The summed E-state index contributed by atoms with van der Waals surface area (Å²) in [5, 5.41) is 2.38. The van der Waals surface area contributed by atoms with Crippen molar-refractivity contribution in [2.45, 2.75) is 19.2 Å². The minimum atomic E-state index is -4.47. The Balaban J connectivity index is 1.91. The van der Waals surface area contributed by atoms with Gasteiger partial charge in [0.25, 0.3) is 5.91 Å². The third kappa shape index (κ3) is 5.36. The van der Waals surface area contributed by atoms with Crippen LogP contribution in [-0.2, 0) is 15.8 Å². The molecule has 0 aliphatic carbocycles. The highest BCUT2D eigenvalue weighted by atomic mass is 19.4. The maximum Gasteiger partial charge on any atom is 0.416 e. The lowest BCUT2D eigenvalue weighted by Gasteiger charge is -2.16. The van der Waals surface area contributed by atoms with Crippen molar-refractivity contribution in [1.82, 2.24) is 5.48 Å². The van der Waals surface area contributed by atoms with E-state index in [1.165, 1.54) is 19.1 Å². The standard InChI is InChI=1S/C18H17F3N2O2/c1-12(14-7-4-3-5-8-14)23-25-13(2)17(24)22-16-10-6-9-15(11-16)18(19,20)21/h3-11,13,23H,1H2,2H3,(H,22,24)/t13-/m1/s1. The van der Waals surface area contributed by atoms with Gasteiger partial charge >= 0.3 is 6.18 Å². The second-order valence-corrected chi connectivity index (χ2v) is 5.27. The molecule has 0 aliphatic heterocycles. The lowest BCUT2D eigenvalue weighted by atomic mass is 10.2. The van der Waals surface area contributed by atoms with Gasteiger partial charge in [-0.2, -0.15) is 13.2 Å². The molecule has 0 saturated heterocycles. The molecule has 7 heteroatoms. The quantitative estimate of drug-likeness (QED) is 0.767. The molecule has 2 aromatic carbocycles. The van der Waals surface area contributed by atoms with Crippen molar-refractivity contribution in [3.05, 3.63) is 72.3 Å². The van der Waals surface area contributed by atoms with Crippen LogP contribution in [0.15, 0.2) is 61.2 Å². The van der Waals surface area contributed by atoms with Gasteiger partial charge in [0.2, 0.25) is 0 Å². The van der Waals surface area contributed by atoms with Gasteiger partial charge < -0.3 is 5.32 Å². The van der Waals surface area contributed by atoms with E-state index in [0.717, 1.165) is 17.7 Å². The van der Waals surface area contributed by atoms with Crippen molar-refractivity contribution in [1.29, 1.82) is 0 Å². The monoisotopic (exact) mass is 350 g/mol. The Kier molecular flexibility index (Phi) is 5.82. The van der Waals surface area contributed by atoms with Gasteiger partial charge in [-0.25, -0.2) is 0 Å². The highest BCUT2D eigenvalue weighted by Gasteiger charge is 2.30. The molecule has 132 valence electrons. The highest BCUT2D eigenvalue weighted by Crippen LogP contribution is 2.30. The van der Waals surface area contributed by atoms with E-state index in [1.54, 1.807) is 0 Å². The molecule has 1 amide bonds. The first-order chi connectivity index (χ1) is 11.8. The summed E-state index contributed by atoms with van der Waals surface area (Å²) in [6.07, 6.45) is -5.42. The molecule has 0 unspecified atom stereocenters. The molecule has 25 heavy (non-hydrogen) atoms. The van der Waals surface area contributed by atoms with Crippen molar-refractivity contribution >= 4 is 17.3 Å². The largest absolute Gasteiger partial charge is 0.416 e. The molecule has 0 fully saturated rings. The van der Waals surface area contributed by atoms with Gasteiger partial charge in [0, 0.05) is 5.69 Å². The van der Waals surface area contributed by atoms with Crippen molar-refractivity contribution in [2.75, 3.05) is 5.32 Å². The van der Waals surface area contributed by atoms with E-state index < -0.39 is 23.8 Å². The zero-order valence-electron chi connectivity index (χ0n) is 13.4. The summed E-state index contributed by atoms with van der Waals surface area (Å²) in [5.74, 6) is -0.590. The molecule has 0 spiro atoms. The molecular formula is C18H17F3N2O2. The van der Waals surface area contributed by atoms with Crippen LogP contribution in [-0.4, -0.2) is 12.0 Å². The molecule has 1 atom stereocenters. The van der Waals surface area contributed by atoms with E-state index in [-0.39, 0.29) is 5.69 Å². The molecule has 4 nitrogen and oxygen atoms in total. The number of amides is 1. The second kappa shape index (κ2) is 7.85. The average Bonchev–Trinajstić information content (AvgIpc) is 2.59. The van der Waals surface area contributed by atoms with Crippen molar-refractivity contribution < 1.29 is 22.8 Å². The van der Waals surface area contributed by atoms with Crippen LogP contribution < -0.4 is 10.8 Å². The Morgan fingerprint density at radius 1 is 1.12 bits per heavy atom. The van der Waals surface area contributed by atoms with Gasteiger partial charge in [0.1, 0.15) is 0 Å². The third-order valence-electron chi connectivity index (χ3n) is 3.31. The van der Waals surface area contributed by atoms with Crippen LogP contribution in [0.2, 0.25) is 0 Å². The van der Waals surface area contributed by atoms with Crippen molar-refractivity contribution in [3.63, 3.8) is 0 Å². The number of hydrogen-bond acceptors (Lipinski definition) is 3. The smallest absolute Gasteiger partial charge is 0.324 e. The molecular weight excluding hydrogens is 333 g/mol. The van der Waals surface area contributed by atoms with E-state index >= 15 is 0 Å². The fourth-order valence-corrected chi connectivity index (χ4v) is 1.93. The Morgan fingerprint density at radius 2 is 1.80 bits per heavy atom. The summed E-state index contributed by atoms with van der Waals surface area (Å²) in [4.78, 5) is 17.2. The molecule has 0 saturated carbocycles. The number of hydroxylamine groups is 1. The Bertz CT molecular complexity index is 745. The number of rotatable bonds is 6. The number of nitrogens with one attached hydrogen (secondary N) is 2. The van der Waals surface area contributed by atoms with Gasteiger partial charge in [-0.05, 0) is 30.7 Å². The van der Waals surface area contributed by atoms with Crippen LogP contribution in [0.3, 0.4) is 0 Å². The Hall–Kier alpha value is -2.80. The number of anilines is 1. The van der Waals surface area contributed by atoms with Crippen LogP contribution in [0, 0.1) is 0 Å². The average molecular weight is 350 g/mol. The van der Waals surface area contributed by atoms with Gasteiger partial charge in [-0.3, -0.25) is 15.1 Å². The first-order valence-electron chi connectivity index (χ1n) is 7.41. The molecule has 0 heterocycles. The van der Waals surface area contributed by atoms with E-state index in [2.05, 4.69) is 17.4 Å². The SMILES string of the molecule is C=C(NO[C@H](C)C(=O)Nc1cccc(C(F)(F)F)c1)c1ccccc1. The van der Waals surface area contributed by atoms with Crippen LogP contribution in [0.5, 0.6) is 0 Å². The number of hydrogen-bond donors (Lipinski definition) is 2. The maximum absolute atomic E-state index is 12.7. The van der Waals surface area contributed by atoms with E-state index in [9.17, 15) is 18.0 Å². The minimum absolute atomic E-state index is 0.0390. The minimum Gasteiger partial charge on any atom is -0.324 e. The molecule has 0 radical (unpaired) electrons. The zero-order valence-corrected chi connectivity index (χ0v) is 13.4.